The highest BCUT2D eigenvalue weighted by molar-refractivity contribution is 14.1. The lowest BCUT2D eigenvalue weighted by Crippen LogP contribution is -2.42. The fourth-order valence-corrected chi connectivity index (χ4v) is 2.95. The molecule has 2 rings (SSSR count). The van der Waals surface area contributed by atoms with Crippen molar-refractivity contribution in [2.45, 2.75) is 31.2 Å². The number of nitro groups is 1. The normalized spacial score (nSPS) is 17.7. The summed E-state index contributed by atoms with van der Waals surface area (Å²) in [6.07, 6.45) is 4.21. The van der Waals surface area contributed by atoms with Crippen molar-refractivity contribution in [3.63, 3.8) is 0 Å². The standard InChI is InChI=1S/C12H16IN3O2/c13-9-3-4-10(11(7-9)16(17)18)15-12(8-14)5-1-2-6-12/h3-4,7,15H,1-2,5-6,8,14H2. The predicted octanol–water partition coefficient (Wildman–Crippen LogP) is 2.88. The van der Waals surface area contributed by atoms with Crippen molar-refractivity contribution < 1.29 is 4.92 Å². The van der Waals surface area contributed by atoms with Gasteiger partial charge in [0.1, 0.15) is 5.69 Å². The Bertz CT molecular complexity index is 459. The van der Waals surface area contributed by atoms with Gasteiger partial charge in [-0.3, -0.25) is 10.1 Å². The molecule has 0 aromatic heterocycles. The van der Waals surface area contributed by atoms with Gasteiger partial charge in [-0.15, -0.1) is 0 Å². The maximum absolute atomic E-state index is 11.1. The summed E-state index contributed by atoms with van der Waals surface area (Å²) in [5.74, 6) is 0. The molecule has 0 spiro atoms. The van der Waals surface area contributed by atoms with Crippen LogP contribution in [0.4, 0.5) is 11.4 Å². The number of hydrogen-bond donors (Lipinski definition) is 2. The molecule has 0 atom stereocenters. The van der Waals surface area contributed by atoms with Crippen LogP contribution < -0.4 is 11.1 Å². The molecule has 5 nitrogen and oxygen atoms in total. The Labute approximate surface area is 119 Å². The van der Waals surface area contributed by atoms with Crippen LogP contribution >= 0.6 is 22.6 Å². The van der Waals surface area contributed by atoms with E-state index in [4.69, 9.17) is 5.73 Å². The minimum absolute atomic E-state index is 0.127. The highest BCUT2D eigenvalue weighted by atomic mass is 127. The Kier molecular flexibility index (Phi) is 4.06. The quantitative estimate of drug-likeness (QED) is 0.491. The summed E-state index contributed by atoms with van der Waals surface area (Å²) >= 11 is 2.08. The molecule has 0 heterocycles. The summed E-state index contributed by atoms with van der Waals surface area (Å²) in [4.78, 5) is 10.7. The van der Waals surface area contributed by atoms with E-state index in [0.717, 1.165) is 29.3 Å². The van der Waals surface area contributed by atoms with Crippen molar-refractivity contribution in [2.24, 2.45) is 5.73 Å². The molecule has 0 radical (unpaired) electrons. The van der Waals surface area contributed by atoms with Gasteiger partial charge in [0.05, 0.1) is 4.92 Å². The molecule has 1 aromatic rings. The van der Waals surface area contributed by atoms with E-state index < -0.39 is 0 Å². The van der Waals surface area contributed by atoms with Gasteiger partial charge in [-0.1, -0.05) is 12.8 Å². The van der Waals surface area contributed by atoms with Gasteiger partial charge in [0.15, 0.2) is 0 Å². The summed E-state index contributed by atoms with van der Waals surface area (Å²) in [6, 6.07) is 5.23. The van der Waals surface area contributed by atoms with Gasteiger partial charge < -0.3 is 11.1 Å². The SMILES string of the molecule is NCC1(Nc2ccc(I)cc2[N+](=O)[O-])CCCC1. The van der Waals surface area contributed by atoms with Crippen molar-refractivity contribution in [1.82, 2.24) is 0 Å². The molecule has 1 fully saturated rings. The topological polar surface area (TPSA) is 81.2 Å². The summed E-state index contributed by atoms with van der Waals surface area (Å²) in [5.41, 5.74) is 6.37. The zero-order valence-corrected chi connectivity index (χ0v) is 12.1. The fourth-order valence-electron chi connectivity index (χ4n) is 2.48. The Morgan fingerprint density at radius 2 is 2.11 bits per heavy atom. The molecule has 0 unspecified atom stereocenters. The second kappa shape index (κ2) is 5.40. The largest absolute Gasteiger partial charge is 0.373 e. The van der Waals surface area contributed by atoms with Gasteiger partial charge in [0, 0.05) is 21.7 Å². The van der Waals surface area contributed by atoms with Crippen molar-refractivity contribution >= 4 is 34.0 Å². The van der Waals surface area contributed by atoms with Crippen molar-refractivity contribution in [3.05, 3.63) is 31.9 Å². The molecule has 0 bridgehead atoms. The third-order valence-electron chi connectivity index (χ3n) is 3.51. The average Bonchev–Trinajstić information content (AvgIpc) is 2.80. The summed E-state index contributed by atoms with van der Waals surface area (Å²) in [5, 5.41) is 14.4. The Morgan fingerprint density at radius 1 is 1.44 bits per heavy atom. The van der Waals surface area contributed by atoms with E-state index in [1.54, 1.807) is 12.1 Å². The third kappa shape index (κ3) is 2.74. The van der Waals surface area contributed by atoms with Crippen molar-refractivity contribution in [1.29, 1.82) is 0 Å². The molecule has 0 saturated heterocycles. The van der Waals surface area contributed by atoms with Crippen molar-refractivity contribution in [2.75, 3.05) is 11.9 Å². The highest BCUT2D eigenvalue weighted by Crippen LogP contribution is 2.35. The number of nitrogens with one attached hydrogen (secondary N) is 1. The number of nitro benzene ring substituents is 1. The molecule has 1 aromatic carbocycles. The summed E-state index contributed by atoms with van der Waals surface area (Å²) in [7, 11) is 0. The van der Waals surface area contributed by atoms with Gasteiger partial charge in [-0.25, -0.2) is 0 Å². The lowest BCUT2D eigenvalue weighted by atomic mass is 9.97. The molecule has 0 aliphatic heterocycles. The van der Waals surface area contributed by atoms with Gasteiger partial charge in [0.25, 0.3) is 5.69 Å². The molecule has 6 heteroatoms. The maximum Gasteiger partial charge on any atom is 0.293 e. The van der Waals surface area contributed by atoms with Crippen LogP contribution in [-0.4, -0.2) is 17.0 Å². The van der Waals surface area contributed by atoms with Crippen LogP contribution in [0.1, 0.15) is 25.7 Å². The number of anilines is 1. The first-order chi connectivity index (χ1) is 8.56. The number of nitrogens with two attached hydrogens (primary N) is 1. The predicted molar refractivity (Wildman–Crippen MR) is 79.7 cm³/mol. The van der Waals surface area contributed by atoms with Crippen LogP contribution in [0.15, 0.2) is 18.2 Å². The summed E-state index contributed by atoms with van der Waals surface area (Å²) in [6.45, 7) is 0.510. The third-order valence-corrected chi connectivity index (χ3v) is 4.18. The van der Waals surface area contributed by atoms with Crippen LogP contribution in [0.2, 0.25) is 0 Å². The second-order valence-electron chi connectivity index (χ2n) is 4.74. The monoisotopic (exact) mass is 361 g/mol. The summed E-state index contributed by atoms with van der Waals surface area (Å²) < 4.78 is 0.859. The van der Waals surface area contributed by atoms with Gasteiger partial charge in [0.2, 0.25) is 0 Å². The minimum Gasteiger partial charge on any atom is -0.373 e. The van der Waals surface area contributed by atoms with Crippen LogP contribution in [-0.2, 0) is 0 Å². The van der Waals surface area contributed by atoms with Crippen LogP contribution in [0.25, 0.3) is 0 Å². The molecule has 1 aliphatic carbocycles. The average molecular weight is 361 g/mol. The minimum atomic E-state index is -0.344. The lowest BCUT2D eigenvalue weighted by molar-refractivity contribution is -0.384. The van der Waals surface area contributed by atoms with E-state index in [1.807, 2.05) is 6.07 Å². The second-order valence-corrected chi connectivity index (χ2v) is 5.98. The maximum atomic E-state index is 11.1. The van der Waals surface area contributed by atoms with E-state index in [1.165, 1.54) is 0 Å². The van der Waals surface area contributed by atoms with Crippen LogP contribution in [0.3, 0.4) is 0 Å². The smallest absolute Gasteiger partial charge is 0.293 e. The Morgan fingerprint density at radius 3 is 2.67 bits per heavy atom. The molecule has 0 amide bonds. The molecule has 98 valence electrons. The number of rotatable bonds is 4. The molecule has 3 N–H and O–H groups in total. The fraction of sp³-hybridized carbons (Fsp3) is 0.500. The molecular formula is C12H16IN3O2. The zero-order chi connectivity index (χ0) is 13.2. The Hall–Kier alpha value is -0.890. The molecule has 1 aliphatic rings. The van der Waals surface area contributed by atoms with Crippen LogP contribution in [0.5, 0.6) is 0 Å². The number of benzene rings is 1. The molecule has 1 saturated carbocycles. The van der Waals surface area contributed by atoms with Gasteiger partial charge >= 0.3 is 0 Å². The van der Waals surface area contributed by atoms with E-state index in [2.05, 4.69) is 27.9 Å². The number of halogens is 1. The van der Waals surface area contributed by atoms with E-state index in [-0.39, 0.29) is 16.1 Å². The van der Waals surface area contributed by atoms with E-state index in [9.17, 15) is 10.1 Å². The molecular weight excluding hydrogens is 345 g/mol. The first-order valence-corrected chi connectivity index (χ1v) is 7.06. The Balaban J connectivity index is 2.30. The number of nitrogens with zero attached hydrogens (tertiary/aromatic N) is 1. The number of hydrogen-bond acceptors (Lipinski definition) is 4. The van der Waals surface area contributed by atoms with Gasteiger partial charge in [-0.05, 0) is 47.6 Å². The lowest BCUT2D eigenvalue weighted by Gasteiger charge is -2.29. The first kappa shape index (κ1) is 13.5. The first-order valence-electron chi connectivity index (χ1n) is 5.98. The zero-order valence-electron chi connectivity index (χ0n) is 9.99. The molecule has 18 heavy (non-hydrogen) atoms. The van der Waals surface area contributed by atoms with Crippen molar-refractivity contribution in [3.8, 4) is 0 Å². The van der Waals surface area contributed by atoms with Gasteiger partial charge in [-0.2, -0.15) is 0 Å². The van der Waals surface area contributed by atoms with Crippen LogP contribution in [0, 0.1) is 13.7 Å². The van der Waals surface area contributed by atoms with E-state index >= 15 is 0 Å². The highest BCUT2D eigenvalue weighted by Gasteiger charge is 2.33. The van der Waals surface area contributed by atoms with E-state index in [0.29, 0.717) is 12.2 Å².